The van der Waals surface area contributed by atoms with E-state index < -0.39 is 0 Å². The number of hydrogen-bond acceptors (Lipinski definition) is 2. The van der Waals surface area contributed by atoms with Gasteiger partial charge in [0.2, 0.25) is 0 Å². The number of aromatic nitrogens is 2. The molecule has 1 aliphatic rings. The van der Waals surface area contributed by atoms with Crippen LogP contribution in [0.2, 0.25) is 0 Å². The van der Waals surface area contributed by atoms with E-state index in [1.165, 1.54) is 59.9 Å². The highest BCUT2D eigenvalue weighted by molar-refractivity contribution is 5.92. The monoisotopic (exact) mass is 394 g/mol. The number of fused-ring (bicyclic) bond motifs is 1. The molecule has 0 spiro atoms. The van der Waals surface area contributed by atoms with E-state index in [0.29, 0.717) is 5.92 Å². The first-order valence-corrected chi connectivity index (χ1v) is 11.1. The second kappa shape index (κ2) is 8.37. The standard InChI is InChI=1S/C27H27N3/c28-18-19-11-13-22(14-12-19)27-23(20-7-3-1-4-8-20)17-24-25(30-27)15-16-29-26(24)21-9-5-2-6-10-21/h1,3-4,7-8,11-17,21H,2,5-6,9-10,18,28H2/p+1. The van der Waals surface area contributed by atoms with Crippen molar-refractivity contribution in [2.45, 2.75) is 44.6 Å². The summed E-state index contributed by atoms with van der Waals surface area (Å²) < 4.78 is 0. The number of rotatable bonds is 4. The quantitative estimate of drug-likeness (QED) is 0.479. The number of benzene rings is 2. The second-order valence-electron chi connectivity index (χ2n) is 8.30. The van der Waals surface area contributed by atoms with E-state index in [4.69, 9.17) is 9.97 Å². The first-order chi connectivity index (χ1) is 14.8. The summed E-state index contributed by atoms with van der Waals surface area (Å²) in [6.07, 6.45) is 8.37. The van der Waals surface area contributed by atoms with Crippen molar-refractivity contribution < 1.29 is 5.73 Å². The Labute approximate surface area is 178 Å². The van der Waals surface area contributed by atoms with Gasteiger partial charge >= 0.3 is 0 Å². The van der Waals surface area contributed by atoms with E-state index in [9.17, 15) is 0 Å². The van der Waals surface area contributed by atoms with E-state index in [2.05, 4.69) is 72.5 Å². The summed E-state index contributed by atoms with van der Waals surface area (Å²) in [4.78, 5) is 10.0. The van der Waals surface area contributed by atoms with Crippen molar-refractivity contribution in [2.75, 3.05) is 0 Å². The molecule has 2 aromatic heterocycles. The highest BCUT2D eigenvalue weighted by Crippen LogP contribution is 2.38. The maximum atomic E-state index is 5.18. The normalized spacial score (nSPS) is 14.8. The average Bonchev–Trinajstić information content (AvgIpc) is 2.84. The van der Waals surface area contributed by atoms with Gasteiger partial charge in [-0.05, 0) is 30.5 Å². The predicted octanol–water partition coefficient (Wildman–Crippen LogP) is 5.75. The first kappa shape index (κ1) is 19.0. The number of nitrogens with zero attached hydrogens (tertiary/aromatic N) is 2. The highest BCUT2D eigenvalue weighted by Gasteiger charge is 2.21. The van der Waals surface area contributed by atoms with Crippen molar-refractivity contribution in [3.63, 3.8) is 0 Å². The van der Waals surface area contributed by atoms with Crippen molar-refractivity contribution in [3.8, 4) is 22.4 Å². The maximum Gasteiger partial charge on any atom is 0.0997 e. The van der Waals surface area contributed by atoms with Crippen molar-refractivity contribution in [1.29, 1.82) is 0 Å². The highest BCUT2D eigenvalue weighted by atomic mass is 14.7. The summed E-state index contributed by atoms with van der Waals surface area (Å²) in [5.41, 5.74) is 12.1. The maximum absolute atomic E-state index is 5.18. The van der Waals surface area contributed by atoms with Gasteiger partial charge in [-0.25, -0.2) is 4.98 Å². The van der Waals surface area contributed by atoms with Crippen molar-refractivity contribution >= 4 is 10.9 Å². The molecule has 0 radical (unpaired) electrons. The molecule has 3 N–H and O–H groups in total. The third kappa shape index (κ3) is 3.61. The summed E-state index contributed by atoms with van der Waals surface area (Å²) in [6, 6.07) is 23.7. The lowest BCUT2D eigenvalue weighted by atomic mass is 9.85. The minimum Gasteiger partial charge on any atom is -0.354 e. The lowest BCUT2D eigenvalue weighted by Gasteiger charge is -2.23. The van der Waals surface area contributed by atoms with Gasteiger partial charge in [0, 0.05) is 34.2 Å². The van der Waals surface area contributed by atoms with E-state index in [1.54, 1.807) is 0 Å². The number of quaternary nitrogens is 1. The lowest BCUT2D eigenvalue weighted by molar-refractivity contribution is -0.386. The molecule has 3 heteroatoms. The molecule has 1 saturated carbocycles. The van der Waals surface area contributed by atoms with Crippen LogP contribution in [0.4, 0.5) is 0 Å². The van der Waals surface area contributed by atoms with E-state index in [0.717, 1.165) is 23.3 Å². The molecule has 1 fully saturated rings. The molecule has 0 unspecified atom stereocenters. The third-order valence-corrected chi connectivity index (χ3v) is 6.37. The smallest absolute Gasteiger partial charge is 0.0997 e. The largest absolute Gasteiger partial charge is 0.354 e. The Bertz CT molecular complexity index is 1140. The molecule has 30 heavy (non-hydrogen) atoms. The zero-order valence-corrected chi connectivity index (χ0v) is 17.3. The van der Waals surface area contributed by atoms with Gasteiger partial charge in [-0.3, -0.25) is 4.98 Å². The summed E-state index contributed by atoms with van der Waals surface area (Å²) in [7, 11) is 0. The molecular formula is C27H28N3+. The fraction of sp³-hybridized carbons (Fsp3) is 0.259. The summed E-state index contributed by atoms with van der Waals surface area (Å²) >= 11 is 0. The van der Waals surface area contributed by atoms with Crippen molar-refractivity contribution in [1.82, 2.24) is 9.97 Å². The van der Waals surface area contributed by atoms with Crippen molar-refractivity contribution in [3.05, 3.63) is 84.2 Å². The number of pyridine rings is 2. The van der Waals surface area contributed by atoms with Crippen LogP contribution in [0.3, 0.4) is 0 Å². The first-order valence-electron chi connectivity index (χ1n) is 11.1. The van der Waals surface area contributed by atoms with Crippen LogP contribution in [0.15, 0.2) is 72.9 Å². The van der Waals surface area contributed by atoms with Gasteiger partial charge < -0.3 is 5.73 Å². The van der Waals surface area contributed by atoms with Crippen LogP contribution in [-0.4, -0.2) is 9.97 Å². The Hall–Kier alpha value is -3.04. The SMILES string of the molecule is [NH3+]Cc1ccc(-c2nc3ccnc(C4CCCCC4)c3cc2-c2ccccc2)cc1. The topological polar surface area (TPSA) is 53.4 Å². The van der Waals surface area contributed by atoms with Crippen LogP contribution in [0.1, 0.15) is 49.3 Å². The van der Waals surface area contributed by atoms with Crippen LogP contribution < -0.4 is 5.73 Å². The van der Waals surface area contributed by atoms with Crippen molar-refractivity contribution in [2.24, 2.45) is 0 Å². The number of hydrogen-bond donors (Lipinski definition) is 1. The molecule has 0 saturated heterocycles. The van der Waals surface area contributed by atoms with Crippen LogP contribution in [0, 0.1) is 0 Å². The van der Waals surface area contributed by atoms with Gasteiger partial charge in [-0.15, -0.1) is 0 Å². The van der Waals surface area contributed by atoms with Gasteiger partial charge in [-0.2, -0.15) is 0 Å². The Morgan fingerprint density at radius 3 is 2.33 bits per heavy atom. The minimum absolute atomic E-state index is 0.551. The molecular weight excluding hydrogens is 366 g/mol. The zero-order valence-electron chi connectivity index (χ0n) is 17.3. The molecule has 0 amide bonds. The van der Waals surface area contributed by atoms with Gasteiger partial charge in [0.1, 0.15) is 0 Å². The average molecular weight is 395 g/mol. The predicted molar refractivity (Wildman–Crippen MR) is 123 cm³/mol. The van der Waals surface area contributed by atoms with Gasteiger partial charge in [-0.1, -0.05) is 73.9 Å². The van der Waals surface area contributed by atoms with E-state index in [1.807, 2.05) is 6.20 Å². The molecule has 0 atom stereocenters. The molecule has 1 aliphatic carbocycles. The van der Waals surface area contributed by atoms with E-state index in [-0.39, 0.29) is 0 Å². The van der Waals surface area contributed by atoms with Gasteiger partial charge in [0.05, 0.1) is 23.4 Å². The Kier molecular flexibility index (Phi) is 5.29. The lowest BCUT2D eigenvalue weighted by Crippen LogP contribution is -2.47. The van der Waals surface area contributed by atoms with Crippen LogP contribution in [0.25, 0.3) is 33.3 Å². The molecule has 0 bridgehead atoms. The summed E-state index contributed by atoms with van der Waals surface area (Å²) in [5.74, 6) is 0.551. The molecule has 0 aliphatic heterocycles. The van der Waals surface area contributed by atoms with Crippen LogP contribution in [-0.2, 0) is 6.54 Å². The molecule has 3 nitrogen and oxygen atoms in total. The molecule has 5 rings (SSSR count). The summed E-state index contributed by atoms with van der Waals surface area (Å²) in [5, 5.41) is 1.21. The van der Waals surface area contributed by atoms with Gasteiger partial charge in [0.15, 0.2) is 0 Å². The fourth-order valence-corrected chi connectivity index (χ4v) is 4.71. The van der Waals surface area contributed by atoms with Crippen LogP contribution in [0.5, 0.6) is 0 Å². The molecule has 4 aromatic rings. The molecule has 150 valence electrons. The van der Waals surface area contributed by atoms with Crippen LogP contribution >= 0.6 is 0 Å². The Balaban J connectivity index is 1.72. The van der Waals surface area contributed by atoms with Gasteiger partial charge in [0.25, 0.3) is 0 Å². The Morgan fingerprint density at radius 2 is 1.60 bits per heavy atom. The summed E-state index contributed by atoms with van der Waals surface area (Å²) in [6.45, 7) is 0.799. The second-order valence-corrected chi connectivity index (χ2v) is 8.30. The molecule has 2 heterocycles. The minimum atomic E-state index is 0.551. The zero-order chi connectivity index (χ0) is 20.3. The van der Waals surface area contributed by atoms with E-state index >= 15 is 0 Å². The third-order valence-electron chi connectivity index (χ3n) is 6.37. The Morgan fingerprint density at radius 1 is 0.833 bits per heavy atom. The molecule has 2 aromatic carbocycles. The fourth-order valence-electron chi connectivity index (χ4n) is 4.71.